The predicted molar refractivity (Wildman–Crippen MR) is 68.4 cm³/mol. The molecule has 0 aromatic heterocycles. The van der Waals surface area contributed by atoms with Crippen LogP contribution in [0.1, 0.15) is 26.2 Å². The van der Waals surface area contributed by atoms with Crippen molar-refractivity contribution in [1.29, 1.82) is 0 Å². The molecule has 0 aromatic rings. The van der Waals surface area contributed by atoms with Crippen molar-refractivity contribution in [1.82, 2.24) is 15.1 Å². The summed E-state index contributed by atoms with van der Waals surface area (Å²) in [5, 5.41) is 3.43. The number of hydrogen-bond donors (Lipinski definition) is 1. The van der Waals surface area contributed by atoms with Crippen LogP contribution in [-0.2, 0) is 0 Å². The van der Waals surface area contributed by atoms with Crippen molar-refractivity contribution < 1.29 is 0 Å². The Balaban J connectivity index is 3.13. The van der Waals surface area contributed by atoms with Crippen molar-refractivity contribution in [2.45, 2.75) is 26.2 Å². The third-order valence-electron chi connectivity index (χ3n) is 2.50. The molecule has 0 saturated carbocycles. The highest BCUT2D eigenvalue weighted by Crippen LogP contribution is 1.92. The van der Waals surface area contributed by atoms with E-state index in [4.69, 9.17) is 0 Å². The highest BCUT2D eigenvalue weighted by Gasteiger charge is 1.98. The van der Waals surface area contributed by atoms with E-state index in [1.165, 1.54) is 38.9 Å². The second-order valence-electron chi connectivity index (χ2n) is 4.56. The van der Waals surface area contributed by atoms with E-state index in [0.29, 0.717) is 0 Å². The first kappa shape index (κ1) is 14.9. The Hall–Kier alpha value is -0.120. The third kappa shape index (κ3) is 11.8. The molecular formula is C12H29N3. The van der Waals surface area contributed by atoms with Crippen LogP contribution in [0.25, 0.3) is 0 Å². The fraction of sp³-hybridized carbons (Fsp3) is 1.00. The largest absolute Gasteiger partial charge is 0.317 e. The Morgan fingerprint density at radius 3 is 2.20 bits per heavy atom. The van der Waals surface area contributed by atoms with Crippen molar-refractivity contribution in [3.8, 4) is 0 Å². The molecule has 0 heterocycles. The van der Waals surface area contributed by atoms with Gasteiger partial charge in [0.15, 0.2) is 0 Å². The van der Waals surface area contributed by atoms with Gasteiger partial charge in [0.1, 0.15) is 0 Å². The quantitative estimate of drug-likeness (QED) is 0.554. The summed E-state index contributed by atoms with van der Waals surface area (Å²) in [6, 6.07) is 0. The van der Waals surface area contributed by atoms with Gasteiger partial charge in [0.05, 0.1) is 0 Å². The average molecular weight is 215 g/mol. The maximum atomic E-state index is 3.43. The molecule has 3 heteroatoms. The first-order valence-corrected chi connectivity index (χ1v) is 6.20. The molecule has 92 valence electrons. The molecule has 0 amide bonds. The molecule has 0 aliphatic heterocycles. The third-order valence-corrected chi connectivity index (χ3v) is 2.50. The van der Waals surface area contributed by atoms with Gasteiger partial charge in [-0.3, -0.25) is 0 Å². The van der Waals surface area contributed by atoms with E-state index in [1.807, 2.05) is 0 Å². The summed E-state index contributed by atoms with van der Waals surface area (Å²) in [5.74, 6) is 0. The number of nitrogens with zero attached hydrogens (tertiary/aromatic N) is 2. The van der Waals surface area contributed by atoms with E-state index in [1.54, 1.807) is 0 Å². The number of hydrogen-bond acceptors (Lipinski definition) is 3. The van der Waals surface area contributed by atoms with Gasteiger partial charge in [0.25, 0.3) is 0 Å². The minimum Gasteiger partial charge on any atom is -0.317 e. The van der Waals surface area contributed by atoms with Gasteiger partial charge in [0, 0.05) is 13.1 Å². The Labute approximate surface area is 95.8 Å². The van der Waals surface area contributed by atoms with E-state index in [-0.39, 0.29) is 0 Å². The summed E-state index contributed by atoms with van der Waals surface area (Å²) >= 11 is 0. The lowest BCUT2D eigenvalue weighted by Gasteiger charge is -2.19. The van der Waals surface area contributed by atoms with E-state index < -0.39 is 0 Å². The van der Waals surface area contributed by atoms with Crippen LogP contribution in [0.2, 0.25) is 0 Å². The Morgan fingerprint density at radius 1 is 0.867 bits per heavy atom. The Kier molecular flexibility index (Phi) is 10.3. The molecule has 3 nitrogen and oxygen atoms in total. The monoisotopic (exact) mass is 215 g/mol. The second-order valence-corrected chi connectivity index (χ2v) is 4.56. The van der Waals surface area contributed by atoms with Crippen LogP contribution >= 0.6 is 0 Å². The maximum absolute atomic E-state index is 3.43. The zero-order chi connectivity index (χ0) is 11.5. The van der Waals surface area contributed by atoms with Gasteiger partial charge < -0.3 is 15.1 Å². The molecule has 0 aliphatic rings. The maximum Gasteiger partial charge on any atom is 0.0106 e. The molecule has 15 heavy (non-hydrogen) atoms. The summed E-state index contributed by atoms with van der Waals surface area (Å²) in [6.45, 7) is 8.11. The van der Waals surface area contributed by atoms with Crippen LogP contribution < -0.4 is 5.32 Å². The highest BCUT2D eigenvalue weighted by molar-refractivity contribution is 4.55. The lowest BCUT2D eigenvalue weighted by Crippen LogP contribution is -2.29. The van der Waals surface area contributed by atoms with Crippen LogP contribution in [0.4, 0.5) is 0 Å². The van der Waals surface area contributed by atoms with Gasteiger partial charge >= 0.3 is 0 Å². The van der Waals surface area contributed by atoms with Crippen LogP contribution in [0, 0.1) is 0 Å². The van der Waals surface area contributed by atoms with Crippen LogP contribution in [0.15, 0.2) is 0 Å². The van der Waals surface area contributed by atoms with Crippen LogP contribution in [0.5, 0.6) is 0 Å². The molecule has 0 fully saturated rings. The molecule has 0 radical (unpaired) electrons. The SMILES string of the molecule is CCCNCCCCN(C)CCN(C)C. The van der Waals surface area contributed by atoms with Crippen molar-refractivity contribution >= 4 is 0 Å². The average Bonchev–Trinajstić information content (AvgIpc) is 2.20. The minimum atomic E-state index is 1.16. The molecule has 0 aromatic carbocycles. The van der Waals surface area contributed by atoms with Gasteiger partial charge in [-0.05, 0) is 60.0 Å². The molecular weight excluding hydrogens is 186 g/mol. The molecule has 1 N–H and O–H groups in total. The van der Waals surface area contributed by atoms with Gasteiger partial charge in [0.2, 0.25) is 0 Å². The normalized spacial score (nSPS) is 11.6. The van der Waals surface area contributed by atoms with Crippen molar-refractivity contribution in [3.05, 3.63) is 0 Å². The van der Waals surface area contributed by atoms with E-state index in [2.05, 4.69) is 43.2 Å². The lowest BCUT2D eigenvalue weighted by molar-refractivity contribution is 0.277. The standard InChI is InChI=1S/C12H29N3/c1-5-8-13-9-6-7-10-15(4)12-11-14(2)3/h13H,5-12H2,1-4H3. The van der Waals surface area contributed by atoms with Gasteiger partial charge in [-0.1, -0.05) is 6.92 Å². The highest BCUT2D eigenvalue weighted by atomic mass is 15.1. The fourth-order valence-electron chi connectivity index (χ4n) is 1.42. The molecule has 0 bridgehead atoms. The molecule has 0 rings (SSSR count). The van der Waals surface area contributed by atoms with Crippen molar-refractivity contribution in [2.75, 3.05) is 53.9 Å². The van der Waals surface area contributed by atoms with Gasteiger partial charge in [-0.25, -0.2) is 0 Å². The smallest absolute Gasteiger partial charge is 0.0106 e. The van der Waals surface area contributed by atoms with Crippen LogP contribution in [0.3, 0.4) is 0 Å². The zero-order valence-corrected chi connectivity index (χ0v) is 11.1. The molecule has 0 saturated heterocycles. The van der Waals surface area contributed by atoms with E-state index in [9.17, 15) is 0 Å². The summed E-state index contributed by atoms with van der Waals surface area (Å²) in [4.78, 5) is 4.65. The topological polar surface area (TPSA) is 18.5 Å². The second kappa shape index (κ2) is 10.4. The number of unbranched alkanes of at least 4 members (excludes halogenated alkanes) is 1. The fourth-order valence-corrected chi connectivity index (χ4v) is 1.42. The van der Waals surface area contributed by atoms with Gasteiger partial charge in [-0.2, -0.15) is 0 Å². The summed E-state index contributed by atoms with van der Waals surface area (Å²) in [5.41, 5.74) is 0. The number of rotatable bonds is 10. The van der Waals surface area contributed by atoms with Crippen molar-refractivity contribution in [2.24, 2.45) is 0 Å². The summed E-state index contributed by atoms with van der Waals surface area (Å²) in [7, 11) is 6.47. The molecule has 0 atom stereocenters. The van der Waals surface area contributed by atoms with E-state index in [0.717, 1.165) is 13.1 Å². The number of nitrogens with one attached hydrogen (secondary N) is 1. The Morgan fingerprint density at radius 2 is 1.60 bits per heavy atom. The van der Waals surface area contributed by atoms with E-state index >= 15 is 0 Å². The Bertz CT molecular complexity index is 126. The van der Waals surface area contributed by atoms with Crippen molar-refractivity contribution in [3.63, 3.8) is 0 Å². The first-order valence-electron chi connectivity index (χ1n) is 6.20. The molecule has 0 aliphatic carbocycles. The van der Waals surface area contributed by atoms with Gasteiger partial charge in [-0.15, -0.1) is 0 Å². The first-order chi connectivity index (χ1) is 7.16. The van der Waals surface area contributed by atoms with Crippen LogP contribution in [-0.4, -0.2) is 63.7 Å². The summed E-state index contributed by atoms with van der Waals surface area (Å²) < 4.78 is 0. The lowest BCUT2D eigenvalue weighted by atomic mass is 10.3. The number of likely N-dealkylation sites (N-methyl/N-ethyl adjacent to an activating group) is 2. The summed E-state index contributed by atoms with van der Waals surface area (Å²) in [6.07, 6.45) is 3.84. The zero-order valence-electron chi connectivity index (χ0n) is 11.1. The molecule has 0 spiro atoms. The minimum absolute atomic E-state index is 1.16. The molecule has 0 unspecified atom stereocenters. The predicted octanol–water partition coefficient (Wildman–Crippen LogP) is 1.26.